The Bertz CT molecular complexity index is 459. The topological polar surface area (TPSA) is 48.7 Å². The molecular weight excluding hydrogens is 254 g/mol. The largest absolute Gasteiger partial charge is 0.462 e. The quantitative estimate of drug-likeness (QED) is 0.815. The number of carbonyl (C=O) groups excluding carboxylic acids is 1. The minimum absolute atomic E-state index is 0.0758. The fourth-order valence-electron chi connectivity index (χ4n) is 2.17. The first kappa shape index (κ1) is 14.8. The fraction of sp³-hybridized carbons (Fsp3) is 0.533. The summed E-state index contributed by atoms with van der Waals surface area (Å²) >= 11 is 0. The SMILES string of the molecule is Cc1ccc(/C=C\C(=O)NCCN2CCN(C)CC2)o1. The van der Waals surface area contributed by atoms with Gasteiger partial charge < -0.3 is 14.6 Å². The summed E-state index contributed by atoms with van der Waals surface area (Å²) in [6, 6.07) is 3.73. The second-order valence-electron chi connectivity index (χ2n) is 5.22. The van der Waals surface area contributed by atoms with Crippen molar-refractivity contribution >= 4 is 12.0 Å². The smallest absolute Gasteiger partial charge is 0.244 e. The number of carbonyl (C=O) groups is 1. The van der Waals surface area contributed by atoms with Gasteiger partial charge >= 0.3 is 0 Å². The summed E-state index contributed by atoms with van der Waals surface area (Å²) in [6.45, 7) is 7.84. The molecule has 0 atom stereocenters. The number of likely N-dealkylation sites (N-methyl/N-ethyl adjacent to an activating group) is 1. The number of aryl methyl sites for hydroxylation is 1. The van der Waals surface area contributed by atoms with Crippen LogP contribution < -0.4 is 5.32 Å². The van der Waals surface area contributed by atoms with Crippen LogP contribution in [0.3, 0.4) is 0 Å². The van der Waals surface area contributed by atoms with Crippen LogP contribution in [-0.2, 0) is 4.79 Å². The van der Waals surface area contributed by atoms with Crippen LogP contribution in [0.15, 0.2) is 22.6 Å². The highest BCUT2D eigenvalue weighted by Gasteiger charge is 2.12. The standard InChI is InChI=1S/C15H23N3O2/c1-13-3-4-14(20-13)5-6-15(19)16-7-8-18-11-9-17(2)10-12-18/h3-6H,7-12H2,1-2H3,(H,16,19)/b6-5-. The van der Waals surface area contributed by atoms with Crippen molar-refractivity contribution in [2.75, 3.05) is 46.3 Å². The number of hydrogen-bond donors (Lipinski definition) is 1. The molecule has 1 aromatic rings. The third-order valence-electron chi connectivity index (χ3n) is 3.48. The van der Waals surface area contributed by atoms with Gasteiger partial charge in [0.2, 0.25) is 5.91 Å². The molecule has 110 valence electrons. The number of rotatable bonds is 5. The van der Waals surface area contributed by atoms with Gasteiger partial charge in [-0.15, -0.1) is 0 Å². The van der Waals surface area contributed by atoms with Crippen LogP contribution in [0.5, 0.6) is 0 Å². The van der Waals surface area contributed by atoms with Crippen molar-refractivity contribution < 1.29 is 9.21 Å². The second kappa shape index (κ2) is 7.26. The molecule has 0 spiro atoms. The van der Waals surface area contributed by atoms with Gasteiger partial charge in [-0.1, -0.05) is 0 Å². The highest BCUT2D eigenvalue weighted by atomic mass is 16.3. The molecule has 0 unspecified atom stereocenters. The molecule has 1 fully saturated rings. The van der Waals surface area contributed by atoms with E-state index >= 15 is 0 Å². The number of nitrogens with one attached hydrogen (secondary N) is 1. The normalized spacial score (nSPS) is 17.7. The van der Waals surface area contributed by atoms with E-state index in [-0.39, 0.29) is 5.91 Å². The Morgan fingerprint density at radius 2 is 2.10 bits per heavy atom. The summed E-state index contributed by atoms with van der Waals surface area (Å²) in [5.41, 5.74) is 0. The second-order valence-corrected chi connectivity index (χ2v) is 5.22. The van der Waals surface area contributed by atoms with E-state index in [0.29, 0.717) is 12.3 Å². The van der Waals surface area contributed by atoms with Crippen molar-refractivity contribution in [2.24, 2.45) is 0 Å². The zero-order valence-corrected chi connectivity index (χ0v) is 12.3. The molecule has 1 aromatic heterocycles. The van der Waals surface area contributed by atoms with E-state index in [4.69, 9.17) is 4.42 Å². The Kier molecular flexibility index (Phi) is 5.38. The van der Waals surface area contributed by atoms with Crippen LogP contribution in [0.1, 0.15) is 11.5 Å². The number of nitrogens with zero attached hydrogens (tertiary/aromatic N) is 2. The molecule has 0 aromatic carbocycles. The van der Waals surface area contributed by atoms with Crippen LogP contribution in [0.4, 0.5) is 0 Å². The lowest BCUT2D eigenvalue weighted by atomic mass is 10.3. The van der Waals surface area contributed by atoms with Crippen molar-refractivity contribution in [1.29, 1.82) is 0 Å². The summed E-state index contributed by atoms with van der Waals surface area (Å²) in [5.74, 6) is 1.48. The van der Waals surface area contributed by atoms with Crippen molar-refractivity contribution in [2.45, 2.75) is 6.92 Å². The number of hydrogen-bond acceptors (Lipinski definition) is 4. The monoisotopic (exact) mass is 277 g/mol. The van der Waals surface area contributed by atoms with Gasteiger partial charge in [0.05, 0.1) is 0 Å². The highest BCUT2D eigenvalue weighted by Crippen LogP contribution is 2.07. The Morgan fingerprint density at radius 1 is 1.35 bits per heavy atom. The molecule has 2 heterocycles. The average Bonchev–Trinajstić information content (AvgIpc) is 2.85. The Balaban J connectivity index is 1.64. The molecule has 0 aliphatic carbocycles. The average molecular weight is 277 g/mol. The molecule has 5 heteroatoms. The molecular formula is C15H23N3O2. The third kappa shape index (κ3) is 4.83. The van der Waals surface area contributed by atoms with Gasteiger partial charge in [0, 0.05) is 45.3 Å². The number of piperazine rings is 1. The van der Waals surface area contributed by atoms with E-state index in [1.54, 1.807) is 6.08 Å². The lowest BCUT2D eigenvalue weighted by Crippen LogP contribution is -2.46. The summed E-state index contributed by atoms with van der Waals surface area (Å²) in [7, 11) is 2.14. The highest BCUT2D eigenvalue weighted by molar-refractivity contribution is 5.91. The third-order valence-corrected chi connectivity index (χ3v) is 3.48. The van der Waals surface area contributed by atoms with E-state index in [2.05, 4.69) is 22.2 Å². The van der Waals surface area contributed by atoms with Crippen LogP contribution in [0, 0.1) is 6.92 Å². The maximum atomic E-state index is 11.7. The van der Waals surface area contributed by atoms with Crippen LogP contribution >= 0.6 is 0 Å². The Labute approximate surface area is 120 Å². The van der Waals surface area contributed by atoms with Crippen LogP contribution in [0.25, 0.3) is 6.08 Å². The predicted molar refractivity (Wildman–Crippen MR) is 79.4 cm³/mol. The molecule has 0 bridgehead atoms. The molecule has 20 heavy (non-hydrogen) atoms. The molecule has 1 saturated heterocycles. The Morgan fingerprint density at radius 3 is 2.75 bits per heavy atom. The summed E-state index contributed by atoms with van der Waals surface area (Å²) in [4.78, 5) is 16.3. The van der Waals surface area contributed by atoms with Crippen molar-refractivity contribution in [1.82, 2.24) is 15.1 Å². The molecule has 5 nitrogen and oxygen atoms in total. The van der Waals surface area contributed by atoms with Gasteiger partial charge in [-0.2, -0.15) is 0 Å². The summed E-state index contributed by atoms with van der Waals surface area (Å²) < 4.78 is 5.36. The molecule has 1 aliphatic rings. The van der Waals surface area contributed by atoms with Gasteiger partial charge in [-0.05, 0) is 32.2 Å². The molecule has 1 amide bonds. The fourth-order valence-corrected chi connectivity index (χ4v) is 2.17. The molecule has 1 N–H and O–H groups in total. The maximum Gasteiger partial charge on any atom is 0.244 e. The lowest BCUT2D eigenvalue weighted by Gasteiger charge is -2.32. The van der Waals surface area contributed by atoms with Gasteiger partial charge in [-0.25, -0.2) is 0 Å². The lowest BCUT2D eigenvalue weighted by molar-refractivity contribution is -0.116. The van der Waals surface area contributed by atoms with E-state index in [1.165, 1.54) is 6.08 Å². The van der Waals surface area contributed by atoms with Gasteiger partial charge in [0.1, 0.15) is 11.5 Å². The maximum absolute atomic E-state index is 11.7. The van der Waals surface area contributed by atoms with Crippen LogP contribution in [-0.4, -0.2) is 62.0 Å². The number of amides is 1. The summed E-state index contributed by atoms with van der Waals surface area (Å²) in [6.07, 6.45) is 3.21. The van der Waals surface area contributed by atoms with Gasteiger partial charge in [0.25, 0.3) is 0 Å². The summed E-state index contributed by atoms with van der Waals surface area (Å²) in [5, 5.41) is 2.90. The van der Waals surface area contributed by atoms with E-state index in [0.717, 1.165) is 38.5 Å². The van der Waals surface area contributed by atoms with Gasteiger partial charge in [-0.3, -0.25) is 9.69 Å². The predicted octanol–water partition coefficient (Wildman–Crippen LogP) is 0.965. The first-order chi connectivity index (χ1) is 9.63. The van der Waals surface area contributed by atoms with E-state index < -0.39 is 0 Å². The molecule has 1 aliphatic heterocycles. The zero-order chi connectivity index (χ0) is 14.4. The molecule has 0 saturated carbocycles. The van der Waals surface area contributed by atoms with Gasteiger partial charge in [0.15, 0.2) is 0 Å². The van der Waals surface area contributed by atoms with Crippen molar-refractivity contribution in [3.63, 3.8) is 0 Å². The minimum Gasteiger partial charge on any atom is -0.462 e. The van der Waals surface area contributed by atoms with Crippen LogP contribution in [0.2, 0.25) is 0 Å². The van der Waals surface area contributed by atoms with Crippen molar-refractivity contribution in [3.05, 3.63) is 29.7 Å². The van der Waals surface area contributed by atoms with Crippen molar-refractivity contribution in [3.8, 4) is 0 Å². The number of furan rings is 1. The first-order valence-electron chi connectivity index (χ1n) is 7.07. The zero-order valence-electron chi connectivity index (χ0n) is 12.3. The molecule has 0 radical (unpaired) electrons. The van der Waals surface area contributed by atoms with E-state index in [9.17, 15) is 4.79 Å². The first-order valence-corrected chi connectivity index (χ1v) is 7.07. The molecule has 2 rings (SSSR count). The van der Waals surface area contributed by atoms with E-state index in [1.807, 2.05) is 19.1 Å². The Hall–Kier alpha value is -1.59. The minimum atomic E-state index is -0.0758.